The van der Waals surface area contributed by atoms with E-state index in [1.54, 1.807) is 6.08 Å². The van der Waals surface area contributed by atoms with E-state index in [-0.39, 0.29) is 23.2 Å². The molecule has 3 heteroatoms. The third-order valence-corrected chi connectivity index (χ3v) is 4.90. The monoisotopic (exact) mass is 236 g/mol. The Hall–Kier alpha value is -0.670. The highest BCUT2D eigenvalue weighted by molar-refractivity contribution is 5.92. The summed E-state index contributed by atoms with van der Waals surface area (Å²) in [6.45, 7) is 5.03. The largest absolute Gasteiger partial charge is 0.350 e. The summed E-state index contributed by atoms with van der Waals surface area (Å²) in [4.78, 5) is 11.9. The summed E-state index contributed by atoms with van der Waals surface area (Å²) in [5, 5.41) is 0. The second kappa shape index (κ2) is 3.66. The Bertz CT molecular complexity index is 358. The average Bonchev–Trinajstić information content (AvgIpc) is 2.67. The number of allylic oxidation sites excluding steroid dienone is 2. The van der Waals surface area contributed by atoms with Crippen LogP contribution in [-0.4, -0.2) is 24.3 Å². The van der Waals surface area contributed by atoms with Gasteiger partial charge in [0.1, 0.15) is 0 Å². The van der Waals surface area contributed by atoms with Gasteiger partial charge in [-0.3, -0.25) is 4.79 Å². The maximum atomic E-state index is 11.9. The molecule has 94 valence electrons. The predicted octanol–water partition coefficient (Wildman–Crippen LogP) is 2.45. The van der Waals surface area contributed by atoms with Gasteiger partial charge in [-0.25, -0.2) is 0 Å². The lowest BCUT2D eigenvalue weighted by Crippen LogP contribution is -2.37. The fourth-order valence-electron chi connectivity index (χ4n) is 3.45. The molecule has 3 nitrogen and oxygen atoms in total. The zero-order valence-electron chi connectivity index (χ0n) is 10.6. The van der Waals surface area contributed by atoms with Crippen LogP contribution in [-0.2, 0) is 14.3 Å². The molecule has 0 aromatic heterocycles. The van der Waals surface area contributed by atoms with Crippen molar-refractivity contribution in [3.8, 4) is 0 Å². The van der Waals surface area contributed by atoms with Gasteiger partial charge in [0.25, 0.3) is 0 Å². The maximum absolute atomic E-state index is 11.9. The molecule has 2 saturated heterocycles. The molecule has 2 aliphatic heterocycles. The van der Waals surface area contributed by atoms with Gasteiger partial charge in [-0.15, -0.1) is 0 Å². The quantitative estimate of drug-likeness (QED) is 0.701. The molecule has 17 heavy (non-hydrogen) atoms. The minimum atomic E-state index is -0.473. The molecular formula is C14H20O3. The van der Waals surface area contributed by atoms with Crippen LogP contribution in [0.25, 0.3) is 0 Å². The lowest BCUT2D eigenvalue weighted by molar-refractivity contribution is -0.222. The third kappa shape index (κ3) is 1.59. The molecule has 0 unspecified atom stereocenters. The summed E-state index contributed by atoms with van der Waals surface area (Å²) in [7, 11) is 0. The van der Waals surface area contributed by atoms with Crippen molar-refractivity contribution in [2.45, 2.75) is 51.4 Å². The molecule has 4 atom stereocenters. The van der Waals surface area contributed by atoms with Gasteiger partial charge in [-0.1, -0.05) is 13.0 Å². The highest BCUT2D eigenvalue weighted by Gasteiger charge is 2.59. The summed E-state index contributed by atoms with van der Waals surface area (Å²) in [6.07, 6.45) is 7.63. The van der Waals surface area contributed by atoms with Crippen molar-refractivity contribution in [1.29, 1.82) is 0 Å². The highest BCUT2D eigenvalue weighted by Crippen LogP contribution is 2.55. The van der Waals surface area contributed by atoms with Gasteiger partial charge in [0.15, 0.2) is 11.6 Å². The van der Waals surface area contributed by atoms with E-state index in [1.165, 1.54) is 0 Å². The Morgan fingerprint density at radius 3 is 2.94 bits per heavy atom. The molecule has 0 radical (unpaired) electrons. The number of hydrogen-bond acceptors (Lipinski definition) is 3. The molecule has 0 aromatic rings. The Morgan fingerprint density at radius 2 is 2.24 bits per heavy atom. The first-order chi connectivity index (χ1) is 8.04. The normalized spacial score (nSPS) is 49.6. The summed E-state index contributed by atoms with van der Waals surface area (Å²) < 4.78 is 11.9. The number of carbonyl (C=O) groups excluding carboxylic acids is 1. The van der Waals surface area contributed by atoms with Crippen LogP contribution in [0, 0.1) is 11.3 Å². The summed E-state index contributed by atoms with van der Waals surface area (Å²) in [5.41, 5.74) is 0.0824. The molecule has 0 amide bonds. The number of ketones is 1. The second-order valence-electron chi connectivity index (χ2n) is 5.95. The standard InChI is InChI=1S/C14H20O3/c1-13-7-8-16-14(13,2)17-12(9-13)10-5-3-4-6-11(10)15/h4,6,10,12H,3,5,7-9H2,1-2H3/t10-,12-,13+,14-/m1/s1. The minimum absolute atomic E-state index is 0.0442. The fraction of sp³-hybridized carbons (Fsp3) is 0.786. The Balaban J connectivity index is 1.80. The number of carbonyl (C=O) groups is 1. The van der Waals surface area contributed by atoms with E-state index in [9.17, 15) is 4.79 Å². The molecule has 0 N–H and O–H groups in total. The molecule has 0 spiro atoms. The number of rotatable bonds is 1. The van der Waals surface area contributed by atoms with E-state index < -0.39 is 5.79 Å². The molecule has 2 fully saturated rings. The van der Waals surface area contributed by atoms with Gasteiger partial charge in [-0.05, 0) is 38.7 Å². The Labute approximate surface area is 102 Å². The summed E-state index contributed by atoms with van der Waals surface area (Å²) in [6, 6.07) is 0. The number of ether oxygens (including phenoxy) is 2. The Morgan fingerprint density at radius 1 is 1.41 bits per heavy atom. The fourth-order valence-corrected chi connectivity index (χ4v) is 3.45. The average molecular weight is 236 g/mol. The van der Waals surface area contributed by atoms with Gasteiger partial charge < -0.3 is 9.47 Å². The first-order valence-electron chi connectivity index (χ1n) is 6.56. The van der Waals surface area contributed by atoms with E-state index in [1.807, 2.05) is 13.0 Å². The van der Waals surface area contributed by atoms with Gasteiger partial charge in [0.05, 0.1) is 12.7 Å². The van der Waals surface area contributed by atoms with Crippen LogP contribution < -0.4 is 0 Å². The van der Waals surface area contributed by atoms with Gasteiger partial charge in [-0.2, -0.15) is 0 Å². The van der Waals surface area contributed by atoms with Gasteiger partial charge in [0, 0.05) is 11.3 Å². The maximum Gasteiger partial charge on any atom is 0.171 e. The van der Waals surface area contributed by atoms with Gasteiger partial charge in [0.2, 0.25) is 0 Å². The molecule has 3 aliphatic rings. The van der Waals surface area contributed by atoms with Crippen LogP contribution >= 0.6 is 0 Å². The number of hydrogen-bond donors (Lipinski definition) is 0. The first kappa shape index (κ1) is 11.4. The van der Waals surface area contributed by atoms with Crippen molar-refractivity contribution in [3.05, 3.63) is 12.2 Å². The Kier molecular flexibility index (Phi) is 2.46. The molecule has 0 bridgehead atoms. The summed E-state index contributed by atoms with van der Waals surface area (Å²) >= 11 is 0. The molecule has 0 aromatic carbocycles. The van der Waals surface area contributed by atoms with Gasteiger partial charge >= 0.3 is 0 Å². The zero-order valence-corrected chi connectivity index (χ0v) is 10.6. The van der Waals surface area contributed by atoms with Crippen molar-refractivity contribution >= 4 is 5.78 Å². The van der Waals surface area contributed by atoms with Crippen LogP contribution in [0.3, 0.4) is 0 Å². The topological polar surface area (TPSA) is 35.5 Å². The molecule has 1 aliphatic carbocycles. The third-order valence-electron chi connectivity index (χ3n) is 4.90. The lowest BCUT2D eigenvalue weighted by Gasteiger charge is -2.30. The molecule has 2 heterocycles. The lowest BCUT2D eigenvalue weighted by atomic mass is 9.76. The molecule has 0 saturated carbocycles. The molecular weight excluding hydrogens is 216 g/mol. The highest BCUT2D eigenvalue weighted by atomic mass is 16.7. The minimum Gasteiger partial charge on any atom is -0.350 e. The predicted molar refractivity (Wildman–Crippen MR) is 63.4 cm³/mol. The van der Waals surface area contributed by atoms with E-state index in [0.29, 0.717) is 0 Å². The summed E-state index contributed by atoms with van der Waals surface area (Å²) in [5.74, 6) is -0.199. The molecule has 3 rings (SSSR count). The van der Waals surface area contributed by atoms with E-state index in [4.69, 9.17) is 9.47 Å². The van der Waals surface area contributed by atoms with Crippen molar-refractivity contribution < 1.29 is 14.3 Å². The number of fused-ring (bicyclic) bond motifs is 1. The van der Waals surface area contributed by atoms with Crippen LogP contribution in [0.2, 0.25) is 0 Å². The van der Waals surface area contributed by atoms with Crippen molar-refractivity contribution in [1.82, 2.24) is 0 Å². The van der Waals surface area contributed by atoms with Crippen molar-refractivity contribution in [2.75, 3.05) is 6.61 Å². The van der Waals surface area contributed by atoms with Crippen LogP contribution in [0.4, 0.5) is 0 Å². The van der Waals surface area contributed by atoms with Crippen LogP contribution in [0.1, 0.15) is 39.5 Å². The van der Waals surface area contributed by atoms with E-state index >= 15 is 0 Å². The van der Waals surface area contributed by atoms with Crippen LogP contribution in [0.5, 0.6) is 0 Å². The second-order valence-corrected chi connectivity index (χ2v) is 5.95. The van der Waals surface area contributed by atoms with Crippen molar-refractivity contribution in [3.63, 3.8) is 0 Å². The smallest absolute Gasteiger partial charge is 0.171 e. The van der Waals surface area contributed by atoms with E-state index in [0.717, 1.165) is 32.3 Å². The van der Waals surface area contributed by atoms with E-state index in [2.05, 4.69) is 6.92 Å². The van der Waals surface area contributed by atoms with Crippen LogP contribution in [0.15, 0.2) is 12.2 Å². The zero-order chi connectivity index (χ0) is 12.1. The SMILES string of the molecule is C[C@@]12CCO[C@]1(C)O[C@@H]([C@@H]1CCC=CC1=O)C2. The first-order valence-corrected chi connectivity index (χ1v) is 6.56. The van der Waals surface area contributed by atoms with Crippen molar-refractivity contribution in [2.24, 2.45) is 11.3 Å².